The van der Waals surface area contributed by atoms with Gasteiger partial charge >= 0.3 is 0 Å². The quantitative estimate of drug-likeness (QED) is 0.665. The van der Waals surface area contributed by atoms with Gasteiger partial charge in [-0.2, -0.15) is 0 Å². The average molecular weight is 356 g/mol. The van der Waals surface area contributed by atoms with Gasteiger partial charge in [0.05, 0.1) is 17.2 Å². The second-order valence-corrected chi connectivity index (χ2v) is 6.28. The third kappa shape index (κ3) is 4.50. The maximum absolute atomic E-state index is 12.0. The van der Waals surface area contributed by atoms with E-state index >= 15 is 0 Å². The number of nitro groups is 1. The van der Waals surface area contributed by atoms with E-state index in [1.165, 1.54) is 12.1 Å². The van der Waals surface area contributed by atoms with E-state index < -0.39 is 4.92 Å². The summed E-state index contributed by atoms with van der Waals surface area (Å²) in [4.78, 5) is 24.4. The molecule has 0 bridgehead atoms. The summed E-state index contributed by atoms with van der Waals surface area (Å²) >= 11 is 3.24. The fourth-order valence-electron chi connectivity index (χ4n) is 2.33. The zero-order valence-electron chi connectivity index (χ0n) is 11.8. The fourth-order valence-corrected chi connectivity index (χ4v) is 2.80. The topological polar surface area (TPSA) is 75.5 Å². The Morgan fingerprint density at radius 3 is 2.71 bits per heavy atom. The van der Waals surface area contributed by atoms with Crippen molar-refractivity contribution in [3.8, 4) is 0 Å². The van der Waals surface area contributed by atoms with Crippen molar-refractivity contribution in [2.45, 2.75) is 19.8 Å². The summed E-state index contributed by atoms with van der Waals surface area (Å²) in [7, 11) is 0. The first kappa shape index (κ1) is 15.9. The number of non-ortho nitro benzene ring substituents is 1. The summed E-state index contributed by atoms with van der Waals surface area (Å²) in [5.74, 6) is 0.632. The fraction of sp³-hybridized carbons (Fsp3) is 0.500. The van der Waals surface area contributed by atoms with Crippen molar-refractivity contribution in [2.24, 2.45) is 5.92 Å². The van der Waals surface area contributed by atoms with Crippen LogP contribution >= 0.6 is 15.9 Å². The normalized spacial score (nSPS) is 16.7. The number of carbonyl (C=O) groups is 1. The molecular formula is C14H18BrN3O3. The van der Waals surface area contributed by atoms with Gasteiger partial charge in [0.2, 0.25) is 5.91 Å². The highest BCUT2D eigenvalue weighted by atomic mass is 79.9. The smallest absolute Gasteiger partial charge is 0.270 e. The minimum atomic E-state index is -0.467. The van der Waals surface area contributed by atoms with Crippen LogP contribution in [0, 0.1) is 16.0 Å². The molecule has 1 saturated heterocycles. The Morgan fingerprint density at radius 2 is 2.14 bits per heavy atom. The van der Waals surface area contributed by atoms with Crippen LogP contribution in [0.2, 0.25) is 0 Å². The molecule has 0 spiro atoms. The number of anilines is 1. The molecule has 1 N–H and O–H groups in total. The Hall–Kier alpha value is -1.47. The minimum Gasteiger partial charge on any atom is -0.324 e. The summed E-state index contributed by atoms with van der Waals surface area (Å²) in [5.41, 5.74) is 0.542. The number of nitro benzene ring substituents is 1. The number of rotatable bonds is 4. The Kier molecular flexibility index (Phi) is 5.30. The van der Waals surface area contributed by atoms with Crippen molar-refractivity contribution in [1.29, 1.82) is 0 Å². The molecule has 21 heavy (non-hydrogen) atoms. The van der Waals surface area contributed by atoms with Gasteiger partial charge in [-0.3, -0.25) is 19.8 Å². The summed E-state index contributed by atoms with van der Waals surface area (Å²) in [6.45, 7) is 4.47. The van der Waals surface area contributed by atoms with E-state index in [9.17, 15) is 14.9 Å². The second kappa shape index (κ2) is 7.00. The van der Waals surface area contributed by atoms with Crippen LogP contribution in [-0.2, 0) is 4.79 Å². The zero-order chi connectivity index (χ0) is 15.4. The predicted octanol–water partition coefficient (Wildman–Crippen LogP) is 3.03. The Morgan fingerprint density at radius 1 is 1.48 bits per heavy atom. The monoisotopic (exact) mass is 355 g/mol. The number of carbonyl (C=O) groups excluding carboxylic acids is 1. The molecule has 6 nitrogen and oxygen atoms in total. The molecule has 1 aromatic rings. The van der Waals surface area contributed by atoms with Crippen LogP contribution in [-0.4, -0.2) is 35.4 Å². The number of piperidine rings is 1. The maximum atomic E-state index is 12.0. The first-order chi connectivity index (χ1) is 9.95. The molecule has 1 amide bonds. The standard InChI is InChI=1S/C14H18BrN3O3/c1-10-4-6-17(7-5-10)9-14(19)16-13-3-2-11(18(20)21)8-12(13)15/h2-3,8,10H,4-7,9H2,1H3,(H,16,19). The van der Waals surface area contributed by atoms with E-state index in [2.05, 4.69) is 33.1 Å². The lowest BCUT2D eigenvalue weighted by molar-refractivity contribution is -0.384. The predicted molar refractivity (Wildman–Crippen MR) is 84.3 cm³/mol. The third-order valence-corrected chi connectivity index (χ3v) is 4.34. The molecule has 2 rings (SSSR count). The molecule has 0 unspecified atom stereocenters. The molecular weight excluding hydrogens is 338 g/mol. The van der Waals surface area contributed by atoms with Crippen molar-refractivity contribution in [3.63, 3.8) is 0 Å². The zero-order valence-corrected chi connectivity index (χ0v) is 13.4. The lowest BCUT2D eigenvalue weighted by Gasteiger charge is -2.29. The molecule has 1 fully saturated rings. The summed E-state index contributed by atoms with van der Waals surface area (Å²) in [6, 6.07) is 4.31. The number of amides is 1. The van der Waals surface area contributed by atoms with Crippen LogP contribution in [0.1, 0.15) is 19.8 Å². The lowest BCUT2D eigenvalue weighted by atomic mass is 9.99. The largest absolute Gasteiger partial charge is 0.324 e. The Balaban J connectivity index is 1.92. The van der Waals surface area contributed by atoms with Crippen LogP contribution in [0.15, 0.2) is 22.7 Å². The van der Waals surface area contributed by atoms with Crippen molar-refractivity contribution >= 4 is 33.2 Å². The van der Waals surface area contributed by atoms with Gasteiger partial charge in [0.1, 0.15) is 0 Å². The van der Waals surface area contributed by atoms with Crippen LogP contribution in [0.4, 0.5) is 11.4 Å². The highest BCUT2D eigenvalue weighted by Crippen LogP contribution is 2.27. The number of likely N-dealkylation sites (tertiary alicyclic amines) is 1. The molecule has 0 aliphatic carbocycles. The number of nitrogens with zero attached hydrogens (tertiary/aromatic N) is 2. The van der Waals surface area contributed by atoms with Crippen molar-refractivity contribution in [1.82, 2.24) is 4.90 Å². The van der Waals surface area contributed by atoms with Crippen LogP contribution in [0.5, 0.6) is 0 Å². The van der Waals surface area contributed by atoms with Crippen molar-refractivity contribution < 1.29 is 9.72 Å². The van der Waals surface area contributed by atoms with E-state index in [1.807, 2.05) is 0 Å². The number of benzene rings is 1. The maximum Gasteiger partial charge on any atom is 0.270 e. The Bertz CT molecular complexity index is 542. The van der Waals surface area contributed by atoms with Gasteiger partial charge in [0.25, 0.3) is 5.69 Å². The number of hydrogen-bond donors (Lipinski definition) is 1. The SMILES string of the molecule is CC1CCN(CC(=O)Nc2ccc([N+](=O)[O-])cc2Br)CC1. The van der Waals surface area contributed by atoms with E-state index in [0.29, 0.717) is 16.7 Å². The first-order valence-corrected chi connectivity index (χ1v) is 7.71. The number of hydrogen-bond acceptors (Lipinski definition) is 4. The molecule has 1 aliphatic rings. The van der Waals surface area contributed by atoms with Crippen LogP contribution in [0.3, 0.4) is 0 Å². The highest BCUT2D eigenvalue weighted by molar-refractivity contribution is 9.10. The van der Waals surface area contributed by atoms with E-state index in [4.69, 9.17) is 0 Å². The van der Waals surface area contributed by atoms with E-state index in [1.54, 1.807) is 6.07 Å². The van der Waals surface area contributed by atoms with Crippen LogP contribution < -0.4 is 5.32 Å². The molecule has 1 aromatic carbocycles. The van der Waals surface area contributed by atoms with Gasteiger partial charge in [-0.05, 0) is 53.8 Å². The summed E-state index contributed by atoms with van der Waals surface area (Å²) in [5, 5.41) is 13.5. The molecule has 0 atom stereocenters. The van der Waals surface area contributed by atoms with Gasteiger partial charge in [0, 0.05) is 16.6 Å². The second-order valence-electron chi connectivity index (χ2n) is 5.43. The van der Waals surface area contributed by atoms with Gasteiger partial charge in [-0.25, -0.2) is 0 Å². The van der Waals surface area contributed by atoms with E-state index in [0.717, 1.165) is 31.8 Å². The molecule has 0 aromatic heterocycles. The van der Waals surface area contributed by atoms with E-state index in [-0.39, 0.29) is 11.6 Å². The van der Waals surface area contributed by atoms with Gasteiger partial charge in [-0.1, -0.05) is 6.92 Å². The molecule has 0 radical (unpaired) electrons. The molecule has 7 heteroatoms. The molecule has 0 saturated carbocycles. The summed E-state index contributed by atoms with van der Waals surface area (Å²) < 4.78 is 0.511. The first-order valence-electron chi connectivity index (χ1n) is 6.92. The molecule has 1 heterocycles. The van der Waals surface area contributed by atoms with Crippen molar-refractivity contribution in [3.05, 3.63) is 32.8 Å². The average Bonchev–Trinajstić information content (AvgIpc) is 2.43. The minimum absolute atomic E-state index is 0.00936. The molecule has 1 aliphatic heterocycles. The van der Waals surface area contributed by atoms with Gasteiger partial charge < -0.3 is 5.32 Å². The van der Waals surface area contributed by atoms with Gasteiger partial charge in [0.15, 0.2) is 0 Å². The van der Waals surface area contributed by atoms with Crippen LogP contribution in [0.25, 0.3) is 0 Å². The third-order valence-electron chi connectivity index (χ3n) is 3.68. The number of halogens is 1. The summed E-state index contributed by atoms with van der Waals surface area (Å²) in [6.07, 6.45) is 2.24. The van der Waals surface area contributed by atoms with Crippen molar-refractivity contribution in [2.75, 3.05) is 25.0 Å². The van der Waals surface area contributed by atoms with Gasteiger partial charge in [-0.15, -0.1) is 0 Å². The number of nitrogens with one attached hydrogen (secondary N) is 1. The highest BCUT2D eigenvalue weighted by Gasteiger charge is 2.18. The molecule has 114 valence electrons. The Labute approximate surface area is 131 Å². The lowest BCUT2D eigenvalue weighted by Crippen LogP contribution is -2.38.